The van der Waals surface area contributed by atoms with Crippen molar-refractivity contribution in [1.82, 2.24) is 14.9 Å². The highest BCUT2D eigenvalue weighted by molar-refractivity contribution is 5.38. The van der Waals surface area contributed by atoms with Crippen molar-refractivity contribution in [3.63, 3.8) is 0 Å². The minimum atomic E-state index is 0.499. The normalized spacial score (nSPS) is 17.7. The molecule has 2 rings (SSSR count). The first-order valence-corrected chi connectivity index (χ1v) is 7.14. The van der Waals surface area contributed by atoms with Gasteiger partial charge >= 0.3 is 0 Å². The van der Waals surface area contributed by atoms with E-state index < -0.39 is 0 Å². The highest BCUT2D eigenvalue weighted by Crippen LogP contribution is 2.18. The number of likely N-dealkylation sites (tertiary alicyclic amines) is 1. The highest BCUT2D eigenvalue weighted by Gasteiger charge is 2.20. The van der Waals surface area contributed by atoms with E-state index >= 15 is 0 Å². The molecule has 106 valence electrons. The summed E-state index contributed by atoms with van der Waals surface area (Å²) in [4.78, 5) is 10.8. The number of ether oxygens (including phenoxy) is 1. The first-order chi connectivity index (χ1) is 9.19. The number of nitrogens with one attached hydrogen (secondary N) is 1. The van der Waals surface area contributed by atoms with E-state index in [0.29, 0.717) is 24.6 Å². The zero-order valence-electron chi connectivity index (χ0n) is 12.1. The molecule has 5 heteroatoms. The maximum absolute atomic E-state index is 5.38. The van der Waals surface area contributed by atoms with Crippen molar-refractivity contribution in [2.24, 2.45) is 0 Å². The lowest BCUT2D eigenvalue weighted by atomic mass is 10.0. The lowest BCUT2D eigenvalue weighted by Gasteiger charge is -2.35. The van der Waals surface area contributed by atoms with Gasteiger partial charge in [-0.2, -0.15) is 0 Å². The fraction of sp³-hybridized carbons (Fsp3) is 0.714. The summed E-state index contributed by atoms with van der Waals surface area (Å²) in [6.07, 6.45) is 3.87. The third kappa shape index (κ3) is 4.06. The number of aromatic nitrogens is 2. The number of rotatable bonds is 5. The lowest BCUT2D eigenvalue weighted by Crippen LogP contribution is -2.42. The van der Waals surface area contributed by atoms with Gasteiger partial charge in [0.25, 0.3) is 0 Å². The summed E-state index contributed by atoms with van der Waals surface area (Å²) in [5, 5.41) is 3.48. The van der Waals surface area contributed by atoms with Gasteiger partial charge in [0.1, 0.15) is 12.1 Å². The van der Waals surface area contributed by atoms with E-state index in [4.69, 9.17) is 4.74 Å². The SMILES string of the molecule is CCOc1cc(NC2CCN(C(C)C)CC2)ncn1. The zero-order valence-corrected chi connectivity index (χ0v) is 12.1. The molecule has 1 N–H and O–H groups in total. The summed E-state index contributed by atoms with van der Waals surface area (Å²) in [6.45, 7) is 9.40. The minimum Gasteiger partial charge on any atom is -0.478 e. The Morgan fingerprint density at radius 3 is 2.74 bits per heavy atom. The van der Waals surface area contributed by atoms with Crippen molar-refractivity contribution in [2.45, 2.75) is 45.7 Å². The Hall–Kier alpha value is -1.36. The van der Waals surface area contributed by atoms with Gasteiger partial charge in [-0.15, -0.1) is 0 Å². The Morgan fingerprint density at radius 2 is 2.11 bits per heavy atom. The summed E-state index contributed by atoms with van der Waals surface area (Å²) < 4.78 is 5.38. The van der Waals surface area contributed by atoms with Gasteiger partial charge in [-0.1, -0.05) is 0 Å². The van der Waals surface area contributed by atoms with Gasteiger partial charge in [-0.3, -0.25) is 0 Å². The Bertz CT molecular complexity index is 389. The van der Waals surface area contributed by atoms with Crippen LogP contribution >= 0.6 is 0 Å². The van der Waals surface area contributed by atoms with E-state index in [9.17, 15) is 0 Å². The van der Waals surface area contributed by atoms with E-state index in [0.717, 1.165) is 31.7 Å². The summed E-state index contributed by atoms with van der Waals surface area (Å²) in [7, 11) is 0. The predicted octanol–water partition coefficient (Wildman–Crippen LogP) is 2.16. The van der Waals surface area contributed by atoms with E-state index in [1.165, 1.54) is 0 Å². The molecule has 0 saturated carbocycles. The molecule has 2 heterocycles. The average molecular weight is 264 g/mol. The van der Waals surface area contributed by atoms with Crippen LogP contribution in [0.15, 0.2) is 12.4 Å². The number of hydrogen-bond donors (Lipinski definition) is 1. The Morgan fingerprint density at radius 1 is 1.37 bits per heavy atom. The molecule has 1 saturated heterocycles. The van der Waals surface area contributed by atoms with Crippen LogP contribution in [0.4, 0.5) is 5.82 Å². The molecule has 0 aliphatic carbocycles. The number of piperidine rings is 1. The van der Waals surface area contributed by atoms with Crippen molar-refractivity contribution < 1.29 is 4.74 Å². The second kappa shape index (κ2) is 6.70. The van der Waals surface area contributed by atoms with Gasteiger partial charge in [-0.25, -0.2) is 9.97 Å². The molecule has 1 aromatic heterocycles. The topological polar surface area (TPSA) is 50.3 Å². The van der Waals surface area contributed by atoms with Crippen molar-refractivity contribution >= 4 is 5.82 Å². The van der Waals surface area contributed by atoms with Crippen molar-refractivity contribution in [2.75, 3.05) is 25.0 Å². The van der Waals surface area contributed by atoms with Crippen LogP contribution in [0.3, 0.4) is 0 Å². The minimum absolute atomic E-state index is 0.499. The molecule has 1 aromatic rings. The Kier molecular flexibility index (Phi) is 4.96. The standard InChI is InChI=1S/C14H24N4O/c1-4-19-14-9-13(15-10-16-14)17-12-5-7-18(8-6-12)11(2)3/h9-12H,4-8H2,1-3H3,(H,15,16,17). The van der Waals surface area contributed by atoms with Gasteiger partial charge in [0.15, 0.2) is 0 Å². The molecule has 0 unspecified atom stereocenters. The number of hydrogen-bond acceptors (Lipinski definition) is 5. The number of nitrogens with zero attached hydrogens (tertiary/aromatic N) is 3. The highest BCUT2D eigenvalue weighted by atomic mass is 16.5. The van der Waals surface area contributed by atoms with Crippen LogP contribution in [0.25, 0.3) is 0 Å². The summed E-state index contributed by atoms with van der Waals surface area (Å²) in [6, 6.07) is 3.02. The third-order valence-electron chi connectivity index (χ3n) is 3.55. The molecule has 0 radical (unpaired) electrons. The monoisotopic (exact) mass is 264 g/mol. The first-order valence-electron chi connectivity index (χ1n) is 7.14. The first kappa shape index (κ1) is 14.1. The quantitative estimate of drug-likeness (QED) is 0.883. The van der Waals surface area contributed by atoms with E-state index in [1.54, 1.807) is 6.33 Å². The van der Waals surface area contributed by atoms with E-state index in [2.05, 4.69) is 34.0 Å². The van der Waals surface area contributed by atoms with Gasteiger partial charge < -0.3 is 15.0 Å². The molecule has 0 spiro atoms. The van der Waals surface area contributed by atoms with E-state index in [-0.39, 0.29) is 0 Å². The predicted molar refractivity (Wildman–Crippen MR) is 76.6 cm³/mol. The molecule has 0 aromatic carbocycles. The van der Waals surface area contributed by atoms with Crippen molar-refractivity contribution in [3.05, 3.63) is 12.4 Å². The molecule has 1 aliphatic rings. The zero-order chi connectivity index (χ0) is 13.7. The second-order valence-corrected chi connectivity index (χ2v) is 5.22. The largest absolute Gasteiger partial charge is 0.478 e. The Labute approximate surface area is 115 Å². The van der Waals surface area contributed by atoms with Gasteiger partial charge in [-0.05, 0) is 33.6 Å². The average Bonchev–Trinajstić information content (AvgIpc) is 2.40. The van der Waals surface area contributed by atoms with Gasteiger partial charge in [0, 0.05) is 31.2 Å². The van der Waals surface area contributed by atoms with Crippen LogP contribution in [0.2, 0.25) is 0 Å². The van der Waals surface area contributed by atoms with Gasteiger partial charge in [0.05, 0.1) is 6.61 Å². The molecule has 5 nitrogen and oxygen atoms in total. The van der Waals surface area contributed by atoms with Crippen LogP contribution < -0.4 is 10.1 Å². The third-order valence-corrected chi connectivity index (χ3v) is 3.55. The molecule has 0 atom stereocenters. The summed E-state index contributed by atoms with van der Waals surface area (Å²) >= 11 is 0. The Balaban J connectivity index is 1.86. The summed E-state index contributed by atoms with van der Waals surface area (Å²) in [5.41, 5.74) is 0. The van der Waals surface area contributed by atoms with Crippen LogP contribution in [-0.2, 0) is 0 Å². The fourth-order valence-electron chi connectivity index (χ4n) is 2.41. The molecule has 1 fully saturated rings. The van der Waals surface area contributed by atoms with E-state index in [1.807, 2.05) is 13.0 Å². The second-order valence-electron chi connectivity index (χ2n) is 5.22. The van der Waals surface area contributed by atoms with Crippen molar-refractivity contribution in [1.29, 1.82) is 0 Å². The summed E-state index contributed by atoms with van der Waals surface area (Å²) in [5.74, 6) is 1.50. The number of anilines is 1. The maximum atomic E-state index is 5.38. The van der Waals surface area contributed by atoms with Crippen LogP contribution in [0.5, 0.6) is 5.88 Å². The molecular formula is C14H24N4O. The smallest absolute Gasteiger partial charge is 0.218 e. The van der Waals surface area contributed by atoms with Crippen LogP contribution in [-0.4, -0.2) is 46.6 Å². The van der Waals surface area contributed by atoms with Crippen molar-refractivity contribution in [3.8, 4) is 5.88 Å². The molecular weight excluding hydrogens is 240 g/mol. The van der Waals surface area contributed by atoms with Gasteiger partial charge in [0.2, 0.25) is 5.88 Å². The van der Waals surface area contributed by atoms with Crippen LogP contribution in [0.1, 0.15) is 33.6 Å². The lowest BCUT2D eigenvalue weighted by molar-refractivity contribution is 0.177. The molecule has 1 aliphatic heterocycles. The fourth-order valence-corrected chi connectivity index (χ4v) is 2.41. The molecule has 19 heavy (non-hydrogen) atoms. The molecule has 0 amide bonds. The van der Waals surface area contributed by atoms with Crippen LogP contribution in [0, 0.1) is 0 Å². The maximum Gasteiger partial charge on any atom is 0.218 e. The molecule has 0 bridgehead atoms.